The zero-order valence-corrected chi connectivity index (χ0v) is 12.9. The number of nitrogens with zero attached hydrogens (tertiary/aromatic N) is 3. The van der Waals surface area contributed by atoms with E-state index in [9.17, 15) is 10.1 Å². The average molecular weight is 299 g/mol. The van der Waals surface area contributed by atoms with E-state index in [2.05, 4.69) is 20.6 Å². The Morgan fingerprint density at radius 2 is 2.30 bits per heavy atom. The van der Waals surface area contributed by atoms with Gasteiger partial charge in [-0.2, -0.15) is 16.7 Å². The zero-order valence-electron chi connectivity index (χ0n) is 12.0. The molecule has 8 heteroatoms. The van der Waals surface area contributed by atoms with Crippen LogP contribution in [-0.2, 0) is 0 Å². The highest BCUT2D eigenvalue weighted by Crippen LogP contribution is 2.23. The molecular formula is C12H21N5O2S. The van der Waals surface area contributed by atoms with Gasteiger partial charge < -0.3 is 10.6 Å². The van der Waals surface area contributed by atoms with Gasteiger partial charge in [-0.3, -0.25) is 10.1 Å². The molecule has 0 aliphatic rings. The number of rotatable bonds is 9. The number of nitrogens with one attached hydrogen (secondary N) is 2. The fourth-order valence-electron chi connectivity index (χ4n) is 1.54. The standard InChI is InChI=1S/C12H21N5O2S/c1-4-6-13-12-14-8-10(17(18)19)11(16-12)15-9(2)5-7-20-3/h8-9H,4-7H2,1-3H3,(H2,13,14,15,16). The van der Waals surface area contributed by atoms with Gasteiger partial charge in [0, 0.05) is 12.6 Å². The molecule has 1 heterocycles. The topological polar surface area (TPSA) is 93.0 Å². The number of aromatic nitrogens is 2. The highest BCUT2D eigenvalue weighted by atomic mass is 32.2. The summed E-state index contributed by atoms with van der Waals surface area (Å²) < 4.78 is 0. The van der Waals surface area contributed by atoms with Gasteiger partial charge in [-0.05, 0) is 31.8 Å². The average Bonchev–Trinajstić information content (AvgIpc) is 2.42. The Kier molecular flexibility index (Phi) is 7.06. The second kappa shape index (κ2) is 8.57. The van der Waals surface area contributed by atoms with Crippen molar-refractivity contribution in [2.24, 2.45) is 0 Å². The van der Waals surface area contributed by atoms with Crippen molar-refractivity contribution in [3.05, 3.63) is 16.3 Å². The van der Waals surface area contributed by atoms with Gasteiger partial charge in [-0.15, -0.1) is 0 Å². The molecule has 0 saturated carbocycles. The Morgan fingerprint density at radius 3 is 2.90 bits per heavy atom. The van der Waals surface area contributed by atoms with E-state index in [4.69, 9.17) is 0 Å². The third-order valence-electron chi connectivity index (χ3n) is 2.64. The molecule has 0 amide bonds. The van der Waals surface area contributed by atoms with Crippen LogP contribution in [0, 0.1) is 10.1 Å². The maximum Gasteiger partial charge on any atom is 0.329 e. The van der Waals surface area contributed by atoms with Gasteiger partial charge in [0.1, 0.15) is 6.20 Å². The van der Waals surface area contributed by atoms with E-state index in [-0.39, 0.29) is 17.5 Å². The van der Waals surface area contributed by atoms with E-state index in [0.717, 1.165) is 25.1 Å². The quantitative estimate of drug-likeness (QED) is 0.535. The van der Waals surface area contributed by atoms with Gasteiger partial charge in [0.2, 0.25) is 11.8 Å². The molecule has 0 bridgehead atoms. The zero-order chi connectivity index (χ0) is 15.0. The first-order chi connectivity index (χ1) is 9.58. The number of nitro groups is 1. The van der Waals surface area contributed by atoms with Gasteiger partial charge in [0.15, 0.2) is 0 Å². The summed E-state index contributed by atoms with van der Waals surface area (Å²) in [5, 5.41) is 17.1. The normalized spacial score (nSPS) is 11.9. The van der Waals surface area contributed by atoms with E-state index in [0.29, 0.717) is 5.95 Å². The first-order valence-electron chi connectivity index (χ1n) is 6.59. The fourth-order valence-corrected chi connectivity index (χ4v) is 2.13. The molecule has 1 unspecified atom stereocenters. The number of anilines is 2. The van der Waals surface area contributed by atoms with E-state index in [1.54, 1.807) is 11.8 Å². The van der Waals surface area contributed by atoms with Crippen molar-refractivity contribution in [3.63, 3.8) is 0 Å². The van der Waals surface area contributed by atoms with Crippen LogP contribution in [0.25, 0.3) is 0 Å². The molecule has 0 fully saturated rings. The molecule has 20 heavy (non-hydrogen) atoms. The predicted molar refractivity (Wildman–Crippen MR) is 83.6 cm³/mol. The van der Waals surface area contributed by atoms with Gasteiger partial charge in [0.25, 0.3) is 0 Å². The molecular weight excluding hydrogens is 278 g/mol. The molecule has 0 radical (unpaired) electrons. The van der Waals surface area contributed by atoms with Crippen molar-refractivity contribution in [1.82, 2.24) is 9.97 Å². The molecule has 0 saturated heterocycles. The highest BCUT2D eigenvalue weighted by Gasteiger charge is 2.18. The monoisotopic (exact) mass is 299 g/mol. The first-order valence-corrected chi connectivity index (χ1v) is 7.98. The lowest BCUT2D eigenvalue weighted by Gasteiger charge is -2.14. The summed E-state index contributed by atoms with van der Waals surface area (Å²) in [6.45, 7) is 4.75. The second-order valence-electron chi connectivity index (χ2n) is 4.44. The third kappa shape index (κ3) is 5.20. The molecule has 1 aromatic rings. The Labute approximate surface area is 123 Å². The van der Waals surface area contributed by atoms with Gasteiger partial charge in [0.05, 0.1) is 4.92 Å². The van der Waals surface area contributed by atoms with Crippen LogP contribution in [0.5, 0.6) is 0 Å². The molecule has 2 N–H and O–H groups in total. The lowest BCUT2D eigenvalue weighted by atomic mass is 10.2. The van der Waals surface area contributed by atoms with Crippen LogP contribution in [0.15, 0.2) is 6.20 Å². The van der Waals surface area contributed by atoms with Crippen LogP contribution in [0.1, 0.15) is 26.7 Å². The fraction of sp³-hybridized carbons (Fsp3) is 0.667. The van der Waals surface area contributed by atoms with Gasteiger partial charge in [-0.25, -0.2) is 4.98 Å². The van der Waals surface area contributed by atoms with Gasteiger partial charge >= 0.3 is 5.69 Å². The Hall–Kier alpha value is -1.57. The highest BCUT2D eigenvalue weighted by molar-refractivity contribution is 7.98. The molecule has 1 aromatic heterocycles. The van der Waals surface area contributed by atoms with Crippen LogP contribution in [0.4, 0.5) is 17.5 Å². The molecule has 112 valence electrons. The number of hydrogen-bond donors (Lipinski definition) is 2. The Morgan fingerprint density at radius 1 is 1.55 bits per heavy atom. The Bertz CT molecular complexity index is 444. The SMILES string of the molecule is CCCNc1ncc([N+](=O)[O-])c(NC(C)CCSC)n1. The predicted octanol–water partition coefficient (Wildman–Crippen LogP) is 2.76. The minimum Gasteiger partial charge on any atom is -0.362 e. The molecule has 0 spiro atoms. The first kappa shape index (κ1) is 16.5. The number of hydrogen-bond acceptors (Lipinski definition) is 7. The van der Waals surface area contributed by atoms with E-state index in [1.807, 2.05) is 20.1 Å². The maximum absolute atomic E-state index is 11.0. The largest absolute Gasteiger partial charge is 0.362 e. The van der Waals surface area contributed by atoms with Crippen molar-refractivity contribution >= 4 is 29.2 Å². The van der Waals surface area contributed by atoms with Gasteiger partial charge in [-0.1, -0.05) is 6.92 Å². The van der Waals surface area contributed by atoms with Crippen LogP contribution >= 0.6 is 11.8 Å². The van der Waals surface area contributed by atoms with Crippen LogP contribution in [0.2, 0.25) is 0 Å². The lowest BCUT2D eigenvalue weighted by molar-refractivity contribution is -0.384. The van der Waals surface area contributed by atoms with E-state index < -0.39 is 4.92 Å². The molecule has 7 nitrogen and oxygen atoms in total. The van der Waals surface area contributed by atoms with E-state index >= 15 is 0 Å². The summed E-state index contributed by atoms with van der Waals surface area (Å²) in [5.41, 5.74) is -0.0944. The van der Waals surface area contributed by atoms with Crippen molar-refractivity contribution in [1.29, 1.82) is 0 Å². The van der Waals surface area contributed by atoms with Crippen molar-refractivity contribution in [3.8, 4) is 0 Å². The smallest absolute Gasteiger partial charge is 0.329 e. The Balaban J connectivity index is 2.85. The second-order valence-corrected chi connectivity index (χ2v) is 5.42. The summed E-state index contributed by atoms with van der Waals surface area (Å²) in [6, 6.07) is 0.120. The molecule has 0 aromatic carbocycles. The molecule has 1 rings (SSSR count). The minimum atomic E-state index is -0.465. The molecule has 1 atom stereocenters. The van der Waals surface area contributed by atoms with Crippen LogP contribution in [-0.4, -0.2) is 39.5 Å². The molecule has 0 aliphatic heterocycles. The third-order valence-corrected chi connectivity index (χ3v) is 3.28. The van der Waals surface area contributed by atoms with Crippen molar-refractivity contribution < 1.29 is 4.92 Å². The van der Waals surface area contributed by atoms with Crippen LogP contribution < -0.4 is 10.6 Å². The summed E-state index contributed by atoms with van der Waals surface area (Å²) >= 11 is 1.75. The summed E-state index contributed by atoms with van der Waals surface area (Å²) in [7, 11) is 0. The summed E-state index contributed by atoms with van der Waals surface area (Å²) in [6.07, 6.45) is 5.13. The summed E-state index contributed by atoms with van der Waals surface area (Å²) in [5.74, 6) is 1.68. The maximum atomic E-state index is 11.0. The minimum absolute atomic E-state index is 0.0944. The van der Waals surface area contributed by atoms with Crippen molar-refractivity contribution in [2.75, 3.05) is 29.2 Å². The van der Waals surface area contributed by atoms with Crippen molar-refractivity contribution in [2.45, 2.75) is 32.7 Å². The summed E-state index contributed by atoms with van der Waals surface area (Å²) in [4.78, 5) is 18.7. The number of thioether (sulfide) groups is 1. The molecule has 0 aliphatic carbocycles. The van der Waals surface area contributed by atoms with Crippen LogP contribution in [0.3, 0.4) is 0 Å². The van der Waals surface area contributed by atoms with E-state index in [1.165, 1.54) is 6.20 Å². The lowest BCUT2D eigenvalue weighted by Crippen LogP contribution is -2.18.